The summed E-state index contributed by atoms with van der Waals surface area (Å²) in [7, 11) is -4.13. The second-order valence-electron chi connectivity index (χ2n) is 2.48. The van der Waals surface area contributed by atoms with E-state index in [1.807, 2.05) is 6.07 Å². The van der Waals surface area contributed by atoms with Gasteiger partial charge < -0.3 is 4.74 Å². The average molecular weight is 213 g/mol. The maximum absolute atomic E-state index is 10.3. The van der Waals surface area contributed by atoms with E-state index >= 15 is 0 Å². The molecule has 0 saturated heterocycles. The van der Waals surface area contributed by atoms with Crippen molar-refractivity contribution in [2.24, 2.45) is 0 Å². The molecule has 74 valence electrons. The fraction of sp³-hybridized carbons (Fsp3) is 0.125. The van der Waals surface area contributed by atoms with Gasteiger partial charge in [-0.05, 0) is 24.3 Å². The molecule has 1 aromatic rings. The minimum absolute atomic E-state index is 0.279. The van der Waals surface area contributed by atoms with Gasteiger partial charge in [-0.15, -0.1) is 0 Å². The van der Waals surface area contributed by atoms with Gasteiger partial charge in [-0.25, -0.2) is 0 Å². The molecule has 0 aliphatic rings. The van der Waals surface area contributed by atoms with E-state index in [-0.39, 0.29) is 5.75 Å². The van der Waals surface area contributed by atoms with Gasteiger partial charge in [0, 0.05) is 0 Å². The van der Waals surface area contributed by atoms with Crippen molar-refractivity contribution in [2.75, 3.05) is 5.94 Å². The van der Waals surface area contributed by atoms with Crippen LogP contribution in [0.15, 0.2) is 24.3 Å². The molecule has 5 nitrogen and oxygen atoms in total. The van der Waals surface area contributed by atoms with Gasteiger partial charge in [-0.3, -0.25) is 4.55 Å². The highest BCUT2D eigenvalue weighted by molar-refractivity contribution is 7.85. The molecule has 1 N–H and O–H groups in total. The van der Waals surface area contributed by atoms with Crippen molar-refractivity contribution in [3.63, 3.8) is 0 Å². The van der Waals surface area contributed by atoms with Crippen LogP contribution in [0.5, 0.6) is 5.75 Å². The van der Waals surface area contributed by atoms with Crippen LogP contribution in [0.2, 0.25) is 0 Å². The number of hydrogen-bond acceptors (Lipinski definition) is 4. The van der Waals surface area contributed by atoms with Crippen molar-refractivity contribution in [3.8, 4) is 11.8 Å². The van der Waals surface area contributed by atoms with Gasteiger partial charge in [0.05, 0.1) is 11.6 Å². The maximum atomic E-state index is 10.3. The number of rotatable bonds is 3. The van der Waals surface area contributed by atoms with Gasteiger partial charge >= 0.3 is 10.1 Å². The van der Waals surface area contributed by atoms with Gasteiger partial charge in [0.15, 0.2) is 0 Å². The first-order valence-electron chi connectivity index (χ1n) is 3.59. The fourth-order valence-electron chi connectivity index (χ4n) is 0.768. The highest BCUT2D eigenvalue weighted by Crippen LogP contribution is 2.11. The lowest BCUT2D eigenvalue weighted by Gasteiger charge is -2.02. The smallest absolute Gasteiger partial charge is 0.300 e. The van der Waals surface area contributed by atoms with Crippen LogP contribution in [-0.4, -0.2) is 18.9 Å². The third kappa shape index (κ3) is 3.43. The van der Waals surface area contributed by atoms with E-state index in [0.717, 1.165) is 0 Å². The predicted molar refractivity (Wildman–Crippen MR) is 48.2 cm³/mol. The van der Waals surface area contributed by atoms with Crippen LogP contribution in [0, 0.1) is 11.3 Å². The summed E-state index contributed by atoms with van der Waals surface area (Å²) in [4.78, 5) is 0. The summed E-state index contributed by atoms with van der Waals surface area (Å²) in [6.07, 6.45) is 0. The highest BCUT2D eigenvalue weighted by atomic mass is 32.2. The second kappa shape index (κ2) is 4.09. The molecule has 0 unspecified atom stereocenters. The molecule has 0 heterocycles. The Balaban J connectivity index is 2.67. The summed E-state index contributed by atoms with van der Waals surface area (Å²) >= 11 is 0. The average Bonchev–Trinajstić information content (AvgIpc) is 2.14. The summed E-state index contributed by atoms with van der Waals surface area (Å²) in [5.74, 6) is -0.513. The summed E-state index contributed by atoms with van der Waals surface area (Å²) in [6.45, 7) is 0. The summed E-state index contributed by atoms with van der Waals surface area (Å²) < 4.78 is 33.7. The first-order valence-corrected chi connectivity index (χ1v) is 5.20. The van der Waals surface area contributed by atoms with E-state index in [2.05, 4.69) is 0 Å². The molecule has 0 atom stereocenters. The first kappa shape index (κ1) is 10.5. The largest absolute Gasteiger partial charge is 0.475 e. The maximum Gasteiger partial charge on any atom is 0.300 e. The zero-order valence-corrected chi connectivity index (χ0v) is 7.86. The zero-order chi connectivity index (χ0) is 10.6. The molecule has 1 aromatic carbocycles. The topological polar surface area (TPSA) is 87.4 Å². The lowest BCUT2D eigenvalue weighted by molar-refractivity contribution is 0.353. The first-order chi connectivity index (χ1) is 6.51. The molecule has 1 rings (SSSR count). The SMILES string of the molecule is N#Cc1ccc(OCS(=O)(=O)O)cc1. The van der Waals surface area contributed by atoms with Crippen molar-refractivity contribution >= 4 is 10.1 Å². The quantitative estimate of drug-likeness (QED) is 0.749. The third-order valence-electron chi connectivity index (χ3n) is 1.36. The Bertz CT molecular complexity index is 443. The number of hydrogen-bond donors (Lipinski definition) is 1. The van der Waals surface area contributed by atoms with Gasteiger partial charge in [0.25, 0.3) is 0 Å². The Morgan fingerprint density at radius 2 is 1.93 bits per heavy atom. The molecule has 14 heavy (non-hydrogen) atoms. The van der Waals surface area contributed by atoms with Crippen molar-refractivity contribution < 1.29 is 17.7 Å². The van der Waals surface area contributed by atoms with E-state index in [4.69, 9.17) is 14.6 Å². The predicted octanol–water partition coefficient (Wildman–Crippen LogP) is 0.782. The van der Waals surface area contributed by atoms with Gasteiger partial charge in [0.2, 0.25) is 5.94 Å². The molecule has 6 heteroatoms. The standard InChI is InChI=1S/C8H7NO4S/c9-5-7-1-3-8(4-2-7)13-6-14(10,11)12/h1-4H,6H2,(H,10,11,12). The summed E-state index contributed by atoms with van der Waals surface area (Å²) in [6, 6.07) is 7.77. The number of nitriles is 1. The van der Waals surface area contributed by atoms with Crippen LogP contribution >= 0.6 is 0 Å². The molecule has 0 fully saturated rings. The zero-order valence-electron chi connectivity index (χ0n) is 7.04. The fourth-order valence-corrected chi connectivity index (χ4v) is 1.05. The van der Waals surface area contributed by atoms with Crippen molar-refractivity contribution in [3.05, 3.63) is 29.8 Å². The minimum Gasteiger partial charge on any atom is -0.475 e. The van der Waals surface area contributed by atoms with Crippen LogP contribution in [0.4, 0.5) is 0 Å². The van der Waals surface area contributed by atoms with E-state index in [9.17, 15) is 8.42 Å². The molecule has 0 bridgehead atoms. The van der Waals surface area contributed by atoms with Crippen molar-refractivity contribution in [1.29, 1.82) is 5.26 Å². The Kier molecular flexibility index (Phi) is 3.06. The van der Waals surface area contributed by atoms with Crippen LogP contribution < -0.4 is 4.74 Å². The van der Waals surface area contributed by atoms with Gasteiger partial charge in [-0.1, -0.05) is 0 Å². The minimum atomic E-state index is -4.13. The third-order valence-corrected chi connectivity index (χ3v) is 1.77. The summed E-state index contributed by atoms with van der Waals surface area (Å²) in [5, 5.41) is 8.46. The lowest BCUT2D eigenvalue weighted by atomic mass is 10.2. The number of ether oxygens (including phenoxy) is 1. The summed E-state index contributed by atoms with van der Waals surface area (Å²) in [5.41, 5.74) is 0.448. The lowest BCUT2D eigenvalue weighted by Crippen LogP contribution is -2.10. The molecule has 0 aliphatic heterocycles. The van der Waals surface area contributed by atoms with E-state index in [1.165, 1.54) is 24.3 Å². The number of benzene rings is 1. The van der Waals surface area contributed by atoms with Crippen molar-refractivity contribution in [1.82, 2.24) is 0 Å². The van der Waals surface area contributed by atoms with Crippen LogP contribution in [0.3, 0.4) is 0 Å². The molecule has 0 amide bonds. The molecule has 0 spiro atoms. The van der Waals surface area contributed by atoms with Crippen LogP contribution in [-0.2, 0) is 10.1 Å². The Hall–Kier alpha value is -1.58. The van der Waals surface area contributed by atoms with Gasteiger partial charge in [0.1, 0.15) is 5.75 Å². The van der Waals surface area contributed by atoms with Crippen molar-refractivity contribution in [2.45, 2.75) is 0 Å². The van der Waals surface area contributed by atoms with E-state index in [1.54, 1.807) is 0 Å². The van der Waals surface area contributed by atoms with Crippen LogP contribution in [0.1, 0.15) is 5.56 Å². The second-order valence-corrected chi connectivity index (χ2v) is 3.88. The Morgan fingerprint density at radius 1 is 1.36 bits per heavy atom. The number of nitrogens with zero attached hydrogens (tertiary/aromatic N) is 1. The highest BCUT2D eigenvalue weighted by Gasteiger charge is 2.04. The molecule has 0 aliphatic carbocycles. The van der Waals surface area contributed by atoms with E-state index < -0.39 is 16.1 Å². The normalized spacial score (nSPS) is 10.6. The monoisotopic (exact) mass is 213 g/mol. The Morgan fingerprint density at radius 3 is 2.36 bits per heavy atom. The Labute approximate surface area is 81.3 Å². The van der Waals surface area contributed by atoms with Crippen LogP contribution in [0.25, 0.3) is 0 Å². The van der Waals surface area contributed by atoms with Gasteiger partial charge in [-0.2, -0.15) is 13.7 Å². The molecule has 0 aromatic heterocycles. The van der Waals surface area contributed by atoms with E-state index in [0.29, 0.717) is 5.56 Å². The molecule has 0 radical (unpaired) electrons. The molecular weight excluding hydrogens is 206 g/mol. The molecular formula is C8H7NO4S. The molecule has 0 saturated carbocycles.